The molecule has 8 nitrogen and oxygen atoms in total. The molecule has 0 aliphatic rings. The van der Waals surface area contributed by atoms with Crippen LogP contribution in [-0.2, 0) is 10.0 Å². The Balaban J connectivity index is 2.81. The highest BCUT2D eigenvalue weighted by Crippen LogP contribution is 1.92. The van der Waals surface area contributed by atoms with E-state index in [-0.39, 0.29) is 11.8 Å². The monoisotopic (exact) mass is 205 g/mol. The smallest absolute Gasteiger partial charge is 0.302 e. The van der Waals surface area contributed by atoms with Gasteiger partial charge in [-0.25, -0.2) is 13.1 Å². The summed E-state index contributed by atoms with van der Waals surface area (Å²) < 4.78 is 22.9. The van der Waals surface area contributed by atoms with Crippen molar-refractivity contribution in [2.45, 2.75) is 0 Å². The molecule has 72 valence electrons. The Bertz CT molecular complexity index is 421. The lowest BCUT2D eigenvalue weighted by Gasteiger charge is -1.96. The number of nitrogen functional groups attached to an aromatic ring is 1. The van der Waals surface area contributed by atoms with Crippen molar-refractivity contribution < 1.29 is 13.2 Å². The summed E-state index contributed by atoms with van der Waals surface area (Å²) in [7, 11) is -3.59. The molecular weight excluding hydrogens is 198 g/mol. The van der Waals surface area contributed by atoms with Crippen LogP contribution in [0.15, 0.2) is 0 Å². The second-order valence-corrected chi connectivity index (χ2v) is 3.99. The van der Waals surface area contributed by atoms with Crippen LogP contribution in [0.25, 0.3) is 0 Å². The van der Waals surface area contributed by atoms with E-state index in [0.717, 1.165) is 6.26 Å². The quantitative estimate of drug-likeness (QED) is 0.515. The number of carbonyl (C=O) groups is 1. The maximum absolute atomic E-state index is 11.0. The van der Waals surface area contributed by atoms with Gasteiger partial charge in [0.2, 0.25) is 21.8 Å². The van der Waals surface area contributed by atoms with Gasteiger partial charge in [0.15, 0.2) is 0 Å². The minimum Gasteiger partial charge on any atom is -0.366 e. The average Bonchev–Trinajstić information content (AvgIpc) is 2.31. The van der Waals surface area contributed by atoms with Crippen LogP contribution in [0.5, 0.6) is 0 Å². The van der Waals surface area contributed by atoms with Crippen molar-refractivity contribution in [1.29, 1.82) is 0 Å². The van der Waals surface area contributed by atoms with Crippen molar-refractivity contribution >= 4 is 21.9 Å². The number of H-pyrrole nitrogens is 1. The number of nitrogens with zero attached hydrogens (tertiary/aromatic N) is 2. The van der Waals surface area contributed by atoms with E-state index in [9.17, 15) is 13.2 Å². The molecule has 0 saturated carbocycles. The molecule has 0 fully saturated rings. The number of amides is 1. The summed E-state index contributed by atoms with van der Waals surface area (Å²) in [4.78, 5) is 14.4. The maximum Gasteiger partial charge on any atom is 0.302 e. The third-order valence-corrected chi connectivity index (χ3v) is 1.55. The second kappa shape index (κ2) is 3.01. The van der Waals surface area contributed by atoms with Gasteiger partial charge in [0.05, 0.1) is 6.26 Å². The zero-order valence-electron chi connectivity index (χ0n) is 6.60. The predicted octanol–water partition coefficient (Wildman–Crippen LogP) is -1.92. The molecule has 1 aromatic rings. The Morgan fingerprint density at radius 3 is 2.62 bits per heavy atom. The zero-order chi connectivity index (χ0) is 10.1. The van der Waals surface area contributed by atoms with Gasteiger partial charge in [0.25, 0.3) is 0 Å². The molecule has 4 N–H and O–H groups in total. The summed E-state index contributed by atoms with van der Waals surface area (Å²) >= 11 is 0. The molecule has 13 heavy (non-hydrogen) atoms. The van der Waals surface area contributed by atoms with E-state index in [2.05, 4.69) is 15.2 Å². The molecule has 1 heterocycles. The van der Waals surface area contributed by atoms with Crippen molar-refractivity contribution in [2.24, 2.45) is 0 Å². The van der Waals surface area contributed by atoms with Crippen LogP contribution in [0.2, 0.25) is 0 Å². The summed E-state index contributed by atoms with van der Waals surface area (Å²) in [5.74, 6) is -1.27. The van der Waals surface area contributed by atoms with E-state index in [1.54, 1.807) is 4.72 Å². The molecule has 1 rings (SSSR count). The summed E-state index contributed by atoms with van der Waals surface area (Å²) in [6, 6.07) is 0. The second-order valence-electron chi connectivity index (χ2n) is 2.25. The number of hydrogen-bond acceptors (Lipinski definition) is 6. The third kappa shape index (κ3) is 2.71. The molecule has 0 radical (unpaired) electrons. The molecule has 9 heteroatoms. The molecule has 0 aliphatic heterocycles. The topological polar surface area (TPSA) is 131 Å². The van der Waals surface area contributed by atoms with Crippen molar-refractivity contribution in [2.75, 3.05) is 12.0 Å². The van der Waals surface area contributed by atoms with Gasteiger partial charge in [-0.1, -0.05) is 0 Å². The van der Waals surface area contributed by atoms with E-state index in [1.807, 2.05) is 0 Å². The average molecular weight is 205 g/mol. The Labute approximate surface area is 73.6 Å². The van der Waals surface area contributed by atoms with Crippen LogP contribution in [0.3, 0.4) is 0 Å². The molecule has 0 saturated heterocycles. The van der Waals surface area contributed by atoms with Crippen molar-refractivity contribution in [1.82, 2.24) is 19.9 Å². The van der Waals surface area contributed by atoms with Gasteiger partial charge in [-0.15, -0.1) is 5.10 Å². The molecule has 0 bridgehead atoms. The highest BCUT2D eigenvalue weighted by Gasteiger charge is 2.14. The third-order valence-electron chi connectivity index (χ3n) is 0.996. The lowest BCUT2D eigenvalue weighted by Crippen LogP contribution is -2.30. The first-order valence-corrected chi connectivity index (χ1v) is 4.97. The molecule has 1 amide bonds. The van der Waals surface area contributed by atoms with Crippen LogP contribution in [0.4, 0.5) is 5.95 Å². The molecule has 0 spiro atoms. The van der Waals surface area contributed by atoms with Crippen LogP contribution < -0.4 is 10.5 Å². The fraction of sp³-hybridized carbons (Fsp3) is 0.250. The summed E-state index contributed by atoms with van der Waals surface area (Å²) in [5, 5.41) is 5.52. The molecule has 1 aromatic heterocycles. The zero-order valence-corrected chi connectivity index (χ0v) is 7.42. The number of carbonyl (C=O) groups excluding carboxylic acids is 1. The predicted molar refractivity (Wildman–Crippen MR) is 43.1 cm³/mol. The summed E-state index contributed by atoms with van der Waals surface area (Å²) in [6.45, 7) is 0. The number of nitrogens with one attached hydrogen (secondary N) is 2. The minimum atomic E-state index is -3.59. The van der Waals surface area contributed by atoms with Crippen LogP contribution >= 0.6 is 0 Å². The van der Waals surface area contributed by atoms with Crippen LogP contribution in [0, 0.1) is 0 Å². The molecule has 0 aliphatic carbocycles. The van der Waals surface area contributed by atoms with Gasteiger partial charge >= 0.3 is 5.91 Å². The Kier molecular flexibility index (Phi) is 2.19. The van der Waals surface area contributed by atoms with E-state index < -0.39 is 15.9 Å². The first kappa shape index (κ1) is 9.45. The van der Waals surface area contributed by atoms with E-state index in [0.29, 0.717) is 0 Å². The largest absolute Gasteiger partial charge is 0.366 e. The number of rotatable bonds is 2. The lowest BCUT2D eigenvalue weighted by molar-refractivity contribution is 0.0972. The van der Waals surface area contributed by atoms with Crippen molar-refractivity contribution in [3.63, 3.8) is 0 Å². The van der Waals surface area contributed by atoms with Gasteiger partial charge in [0, 0.05) is 0 Å². The molecular formula is C4H7N5O3S. The fourth-order valence-corrected chi connectivity index (χ4v) is 1.03. The summed E-state index contributed by atoms with van der Waals surface area (Å²) in [6.07, 6.45) is 0.852. The number of sulfonamides is 1. The highest BCUT2D eigenvalue weighted by molar-refractivity contribution is 7.89. The Morgan fingerprint density at radius 2 is 2.23 bits per heavy atom. The molecule has 0 unspecified atom stereocenters. The first-order chi connectivity index (χ1) is 5.88. The van der Waals surface area contributed by atoms with Gasteiger partial charge in [-0.2, -0.15) is 4.98 Å². The van der Waals surface area contributed by atoms with Crippen molar-refractivity contribution in [3.05, 3.63) is 5.82 Å². The normalized spacial score (nSPS) is 11.2. The van der Waals surface area contributed by atoms with Crippen LogP contribution in [0.1, 0.15) is 10.6 Å². The van der Waals surface area contributed by atoms with Gasteiger partial charge in [-0.3, -0.25) is 9.89 Å². The first-order valence-electron chi connectivity index (χ1n) is 3.08. The molecule has 0 aromatic carbocycles. The Hall–Kier alpha value is -1.64. The Morgan fingerprint density at radius 1 is 1.62 bits per heavy atom. The number of anilines is 1. The van der Waals surface area contributed by atoms with E-state index in [4.69, 9.17) is 5.73 Å². The maximum atomic E-state index is 11.0. The van der Waals surface area contributed by atoms with E-state index >= 15 is 0 Å². The summed E-state index contributed by atoms with van der Waals surface area (Å²) in [5.41, 5.74) is 5.10. The van der Waals surface area contributed by atoms with Crippen molar-refractivity contribution in [3.8, 4) is 0 Å². The number of hydrogen-bond donors (Lipinski definition) is 3. The highest BCUT2D eigenvalue weighted by atomic mass is 32.2. The number of aromatic amines is 1. The van der Waals surface area contributed by atoms with Gasteiger partial charge in [-0.05, 0) is 0 Å². The SMILES string of the molecule is CS(=O)(=O)NC(=O)c1nc(N)n[nH]1. The number of aromatic nitrogens is 3. The van der Waals surface area contributed by atoms with Gasteiger partial charge < -0.3 is 5.73 Å². The van der Waals surface area contributed by atoms with Gasteiger partial charge in [0.1, 0.15) is 0 Å². The number of nitrogens with two attached hydrogens (primary N) is 1. The lowest BCUT2D eigenvalue weighted by atomic mass is 10.6. The van der Waals surface area contributed by atoms with Crippen LogP contribution in [-0.4, -0.2) is 35.8 Å². The standard InChI is InChI=1S/C4H7N5O3S/c1-13(11,12)9-3(10)2-6-4(5)8-7-2/h1H3,(H,9,10)(H3,5,6,7,8). The van der Waals surface area contributed by atoms with E-state index in [1.165, 1.54) is 0 Å². The fourth-order valence-electron chi connectivity index (χ4n) is 0.593. The molecule has 0 atom stereocenters. The minimum absolute atomic E-state index is 0.126.